The zero-order chi connectivity index (χ0) is 13.3. The number of nitrogens with two attached hydrogens (primary N) is 1. The van der Waals surface area contributed by atoms with Crippen molar-refractivity contribution in [2.75, 3.05) is 11.1 Å². The lowest BCUT2D eigenvalue weighted by Gasteiger charge is -2.07. The number of hydrogen-bond acceptors (Lipinski definition) is 3. The van der Waals surface area contributed by atoms with Crippen LogP contribution in [0, 0.1) is 3.57 Å². The number of halogens is 2. The zero-order valence-electron chi connectivity index (χ0n) is 9.45. The molecule has 0 spiro atoms. The second-order valence-electron chi connectivity index (χ2n) is 3.65. The fourth-order valence-corrected chi connectivity index (χ4v) is 2.06. The fourth-order valence-electron chi connectivity index (χ4n) is 1.40. The van der Waals surface area contributed by atoms with Crippen LogP contribution >= 0.6 is 34.2 Å². The maximum absolute atomic E-state index is 12.0. The number of aromatic nitrogens is 2. The lowest BCUT2D eigenvalue weighted by molar-refractivity contribution is 0.102. The van der Waals surface area contributed by atoms with E-state index in [9.17, 15) is 4.79 Å². The van der Waals surface area contributed by atoms with Crippen molar-refractivity contribution in [3.63, 3.8) is 0 Å². The lowest BCUT2D eigenvalue weighted by Crippen LogP contribution is -2.14. The van der Waals surface area contributed by atoms with Crippen LogP contribution in [0.25, 0.3) is 0 Å². The summed E-state index contributed by atoms with van der Waals surface area (Å²) in [7, 11) is 1.67. The summed E-state index contributed by atoms with van der Waals surface area (Å²) in [4.78, 5) is 12.0. The van der Waals surface area contributed by atoms with Gasteiger partial charge in [-0.1, -0.05) is 11.6 Å². The van der Waals surface area contributed by atoms with E-state index in [4.69, 9.17) is 17.3 Å². The molecule has 0 saturated heterocycles. The number of carbonyl (C=O) groups excluding carboxylic acids is 1. The largest absolute Gasteiger partial charge is 0.383 e. The maximum Gasteiger partial charge on any atom is 0.261 e. The highest BCUT2D eigenvalue weighted by Gasteiger charge is 2.15. The molecular weight excluding hydrogens is 367 g/mol. The van der Waals surface area contributed by atoms with Gasteiger partial charge < -0.3 is 11.1 Å². The average Bonchev–Trinajstić information content (AvgIpc) is 2.65. The predicted molar refractivity (Wildman–Crippen MR) is 79.7 cm³/mol. The Balaban J connectivity index is 2.27. The van der Waals surface area contributed by atoms with Crippen molar-refractivity contribution in [2.24, 2.45) is 7.05 Å². The smallest absolute Gasteiger partial charge is 0.261 e. The van der Waals surface area contributed by atoms with Gasteiger partial charge in [-0.3, -0.25) is 9.48 Å². The van der Waals surface area contributed by atoms with Gasteiger partial charge in [-0.15, -0.1) is 0 Å². The summed E-state index contributed by atoms with van der Waals surface area (Å²) in [5.74, 6) is -0.0150. The second kappa shape index (κ2) is 5.15. The summed E-state index contributed by atoms with van der Waals surface area (Å²) < 4.78 is 2.41. The van der Waals surface area contributed by atoms with Gasteiger partial charge in [-0.25, -0.2) is 0 Å². The van der Waals surface area contributed by atoms with E-state index < -0.39 is 0 Å². The van der Waals surface area contributed by atoms with Crippen LogP contribution in [0.4, 0.5) is 11.5 Å². The van der Waals surface area contributed by atoms with E-state index in [2.05, 4.69) is 33.0 Å². The standard InChI is InChI=1S/C11H10ClIN4O/c1-17-10(14)7(5-15-17)11(18)16-9-4-6(13)2-3-8(9)12/h2-5H,14H2,1H3,(H,16,18). The van der Waals surface area contributed by atoms with Gasteiger partial charge in [0.2, 0.25) is 0 Å². The summed E-state index contributed by atoms with van der Waals surface area (Å²) in [5, 5.41) is 7.11. The predicted octanol–water partition coefficient (Wildman–Crippen LogP) is 2.51. The molecule has 1 heterocycles. The van der Waals surface area contributed by atoms with E-state index in [1.54, 1.807) is 19.2 Å². The number of hydrogen-bond donors (Lipinski definition) is 2. The Morgan fingerprint density at radius 3 is 2.89 bits per heavy atom. The molecule has 1 amide bonds. The van der Waals surface area contributed by atoms with Crippen LogP contribution in [0.2, 0.25) is 5.02 Å². The molecule has 0 unspecified atom stereocenters. The number of nitrogens with zero attached hydrogens (tertiary/aromatic N) is 2. The third kappa shape index (κ3) is 2.59. The van der Waals surface area contributed by atoms with Crippen LogP contribution < -0.4 is 11.1 Å². The molecule has 5 nitrogen and oxygen atoms in total. The van der Waals surface area contributed by atoms with Crippen LogP contribution in [0.15, 0.2) is 24.4 Å². The number of nitrogens with one attached hydrogen (secondary N) is 1. The van der Waals surface area contributed by atoms with Gasteiger partial charge in [0.1, 0.15) is 11.4 Å². The molecule has 0 saturated carbocycles. The summed E-state index contributed by atoms with van der Waals surface area (Å²) >= 11 is 8.15. The van der Waals surface area contributed by atoms with Crippen molar-refractivity contribution in [3.8, 4) is 0 Å². The third-order valence-electron chi connectivity index (χ3n) is 2.41. The molecular formula is C11H10ClIN4O. The molecule has 1 aromatic carbocycles. The van der Waals surface area contributed by atoms with Crippen LogP contribution in [-0.2, 0) is 7.05 Å². The minimum absolute atomic E-state index is 0.314. The molecule has 0 aliphatic carbocycles. The Hall–Kier alpha value is -1.28. The first kappa shape index (κ1) is 13.2. The van der Waals surface area contributed by atoms with Crippen LogP contribution in [0.1, 0.15) is 10.4 Å². The fraction of sp³-hybridized carbons (Fsp3) is 0.0909. The molecule has 7 heteroatoms. The molecule has 94 valence electrons. The Kier molecular flexibility index (Phi) is 3.76. The van der Waals surface area contributed by atoms with Crippen molar-refractivity contribution in [1.82, 2.24) is 9.78 Å². The van der Waals surface area contributed by atoms with E-state index >= 15 is 0 Å². The SMILES string of the molecule is Cn1ncc(C(=O)Nc2cc(I)ccc2Cl)c1N. The first-order valence-electron chi connectivity index (χ1n) is 5.03. The molecule has 0 atom stereocenters. The number of anilines is 2. The van der Waals surface area contributed by atoms with Crippen LogP contribution in [0.5, 0.6) is 0 Å². The Labute approximate surface area is 122 Å². The van der Waals surface area contributed by atoms with Crippen molar-refractivity contribution in [3.05, 3.63) is 38.6 Å². The van der Waals surface area contributed by atoms with E-state index in [1.165, 1.54) is 10.9 Å². The maximum atomic E-state index is 12.0. The molecule has 0 aliphatic rings. The number of rotatable bonds is 2. The Morgan fingerprint density at radius 2 is 2.28 bits per heavy atom. The van der Waals surface area contributed by atoms with E-state index in [0.29, 0.717) is 22.1 Å². The van der Waals surface area contributed by atoms with Gasteiger partial charge in [0, 0.05) is 10.6 Å². The van der Waals surface area contributed by atoms with Gasteiger partial charge in [0.25, 0.3) is 5.91 Å². The Morgan fingerprint density at radius 1 is 1.56 bits per heavy atom. The molecule has 0 fully saturated rings. The molecule has 3 N–H and O–H groups in total. The third-order valence-corrected chi connectivity index (χ3v) is 3.41. The molecule has 0 aliphatic heterocycles. The highest BCUT2D eigenvalue weighted by molar-refractivity contribution is 14.1. The van der Waals surface area contributed by atoms with Crippen molar-refractivity contribution < 1.29 is 4.79 Å². The Bertz CT molecular complexity index is 611. The molecule has 2 rings (SSSR count). The van der Waals surface area contributed by atoms with E-state index in [1.807, 2.05) is 6.07 Å². The quantitative estimate of drug-likeness (QED) is 0.791. The minimum Gasteiger partial charge on any atom is -0.383 e. The number of nitrogen functional groups attached to an aromatic ring is 1. The van der Waals surface area contributed by atoms with Gasteiger partial charge in [0.05, 0.1) is 16.9 Å². The van der Waals surface area contributed by atoms with Crippen LogP contribution in [-0.4, -0.2) is 15.7 Å². The topological polar surface area (TPSA) is 72.9 Å². The summed E-state index contributed by atoms with van der Waals surface area (Å²) in [6.07, 6.45) is 1.42. The lowest BCUT2D eigenvalue weighted by atomic mass is 10.2. The molecule has 0 bridgehead atoms. The first-order valence-corrected chi connectivity index (χ1v) is 6.48. The first-order chi connectivity index (χ1) is 8.49. The van der Waals surface area contributed by atoms with Gasteiger partial charge in [-0.05, 0) is 40.8 Å². The monoisotopic (exact) mass is 376 g/mol. The normalized spacial score (nSPS) is 10.4. The number of amides is 1. The number of benzene rings is 1. The van der Waals surface area contributed by atoms with Crippen molar-refractivity contribution >= 4 is 51.6 Å². The number of aryl methyl sites for hydroxylation is 1. The number of carbonyl (C=O) groups is 1. The van der Waals surface area contributed by atoms with Crippen LogP contribution in [0.3, 0.4) is 0 Å². The van der Waals surface area contributed by atoms with Gasteiger partial charge in [-0.2, -0.15) is 5.10 Å². The van der Waals surface area contributed by atoms with E-state index in [0.717, 1.165) is 3.57 Å². The van der Waals surface area contributed by atoms with Crippen molar-refractivity contribution in [2.45, 2.75) is 0 Å². The summed E-state index contributed by atoms with van der Waals surface area (Å²) in [6.45, 7) is 0. The summed E-state index contributed by atoms with van der Waals surface area (Å²) in [6, 6.07) is 5.37. The average molecular weight is 377 g/mol. The molecule has 2 aromatic rings. The summed E-state index contributed by atoms with van der Waals surface area (Å²) in [5.41, 5.74) is 6.61. The van der Waals surface area contributed by atoms with Gasteiger partial charge >= 0.3 is 0 Å². The van der Waals surface area contributed by atoms with Crippen molar-refractivity contribution in [1.29, 1.82) is 0 Å². The minimum atomic E-state index is -0.329. The highest BCUT2D eigenvalue weighted by atomic mass is 127. The molecule has 0 radical (unpaired) electrons. The zero-order valence-corrected chi connectivity index (χ0v) is 12.4. The molecule has 1 aromatic heterocycles. The highest BCUT2D eigenvalue weighted by Crippen LogP contribution is 2.24. The van der Waals surface area contributed by atoms with Gasteiger partial charge in [0.15, 0.2) is 0 Å². The van der Waals surface area contributed by atoms with E-state index in [-0.39, 0.29) is 5.91 Å². The second-order valence-corrected chi connectivity index (χ2v) is 5.30. The molecule has 18 heavy (non-hydrogen) atoms.